The molecular formula is C17H28FN3. The third-order valence-corrected chi connectivity index (χ3v) is 4.40. The van der Waals surface area contributed by atoms with Crippen LogP contribution in [0.1, 0.15) is 58.7 Å². The van der Waals surface area contributed by atoms with Crippen molar-refractivity contribution in [2.75, 3.05) is 13.1 Å². The molecule has 21 heavy (non-hydrogen) atoms. The molecule has 118 valence electrons. The van der Waals surface area contributed by atoms with E-state index in [0.717, 1.165) is 38.0 Å². The molecule has 0 bridgehead atoms. The fraction of sp³-hybridized carbons (Fsp3) is 0.706. The van der Waals surface area contributed by atoms with E-state index in [4.69, 9.17) is 0 Å². The first kappa shape index (κ1) is 16.4. The Morgan fingerprint density at radius 1 is 1.33 bits per heavy atom. The molecule has 1 atom stereocenters. The number of nitrogens with zero attached hydrogens (tertiary/aromatic N) is 2. The van der Waals surface area contributed by atoms with Crippen LogP contribution in [0.4, 0.5) is 4.39 Å². The first-order valence-electron chi connectivity index (χ1n) is 8.02. The summed E-state index contributed by atoms with van der Waals surface area (Å²) in [6, 6.07) is 4.03. The number of hydrogen-bond acceptors (Lipinski definition) is 3. The number of halogens is 1. The Morgan fingerprint density at radius 3 is 2.48 bits per heavy atom. The summed E-state index contributed by atoms with van der Waals surface area (Å²) in [6.07, 6.45) is 4.60. The number of piperidine rings is 1. The summed E-state index contributed by atoms with van der Waals surface area (Å²) in [5.74, 6) is -0.271. The smallest absolute Gasteiger partial charge is 0.141 e. The minimum absolute atomic E-state index is 0.219. The predicted molar refractivity (Wildman–Crippen MR) is 84.7 cm³/mol. The van der Waals surface area contributed by atoms with Gasteiger partial charge in [-0.2, -0.15) is 0 Å². The van der Waals surface area contributed by atoms with Crippen LogP contribution in [0.5, 0.6) is 0 Å². The maximum Gasteiger partial charge on any atom is 0.141 e. The number of aromatic nitrogens is 1. The van der Waals surface area contributed by atoms with Crippen molar-refractivity contribution < 1.29 is 4.39 Å². The summed E-state index contributed by atoms with van der Waals surface area (Å²) in [5, 5.41) is 3.70. The molecule has 0 aromatic carbocycles. The molecule has 0 amide bonds. The Labute approximate surface area is 127 Å². The average Bonchev–Trinajstić information content (AvgIpc) is 2.45. The molecule has 1 aromatic heterocycles. The fourth-order valence-electron chi connectivity index (χ4n) is 3.01. The molecule has 0 saturated carbocycles. The summed E-state index contributed by atoms with van der Waals surface area (Å²) in [7, 11) is 0. The van der Waals surface area contributed by atoms with Crippen LogP contribution < -0.4 is 5.32 Å². The lowest BCUT2D eigenvalue weighted by atomic mass is 9.97. The molecule has 1 aliphatic rings. The Morgan fingerprint density at radius 2 is 2.00 bits per heavy atom. The van der Waals surface area contributed by atoms with Crippen LogP contribution in [-0.4, -0.2) is 34.6 Å². The Hall–Kier alpha value is -1.00. The van der Waals surface area contributed by atoms with Gasteiger partial charge in [0.25, 0.3) is 0 Å². The zero-order valence-corrected chi connectivity index (χ0v) is 13.7. The van der Waals surface area contributed by atoms with E-state index in [2.05, 4.69) is 42.9 Å². The number of likely N-dealkylation sites (tertiary alicyclic amines) is 1. The third kappa shape index (κ3) is 4.48. The van der Waals surface area contributed by atoms with Crippen molar-refractivity contribution in [1.29, 1.82) is 0 Å². The Kier molecular flexibility index (Phi) is 5.33. The first-order chi connectivity index (χ1) is 9.90. The van der Waals surface area contributed by atoms with Crippen LogP contribution in [-0.2, 0) is 0 Å². The van der Waals surface area contributed by atoms with Crippen molar-refractivity contribution in [2.45, 2.75) is 64.6 Å². The van der Waals surface area contributed by atoms with E-state index in [1.807, 2.05) is 0 Å². The normalized spacial score (nSPS) is 19.7. The molecule has 2 heterocycles. The molecule has 1 aliphatic heterocycles. The van der Waals surface area contributed by atoms with Gasteiger partial charge in [-0.15, -0.1) is 0 Å². The summed E-state index contributed by atoms with van der Waals surface area (Å²) in [6.45, 7) is 11.2. The van der Waals surface area contributed by atoms with Gasteiger partial charge in [0.15, 0.2) is 0 Å². The summed E-state index contributed by atoms with van der Waals surface area (Å²) in [5.41, 5.74) is 1.20. The Bertz CT molecular complexity index is 430. The second kappa shape index (κ2) is 6.84. The molecule has 1 unspecified atom stereocenters. The minimum Gasteiger partial charge on any atom is -0.306 e. The molecule has 0 spiro atoms. The van der Waals surface area contributed by atoms with Gasteiger partial charge in [-0.05, 0) is 52.2 Å². The van der Waals surface area contributed by atoms with Gasteiger partial charge in [0.2, 0.25) is 0 Å². The quantitative estimate of drug-likeness (QED) is 0.920. The van der Waals surface area contributed by atoms with Gasteiger partial charge < -0.3 is 5.32 Å². The maximum absolute atomic E-state index is 13.0. The van der Waals surface area contributed by atoms with E-state index in [0.29, 0.717) is 6.04 Å². The van der Waals surface area contributed by atoms with Crippen molar-refractivity contribution in [3.63, 3.8) is 0 Å². The molecule has 2 rings (SSSR count). The molecule has 0 aliphatic carbocycles. The second-order valence-corrected chi connectivity index (χ2v) is 6.96. The molecule has 1 N–H and O–H groups in total. The lowest BCUT2D eigenvalue weighted by Crippen LogP contribution is -2.50. The van der Waals surface area contributed by atoms with Gasteiger partial charge in [-0.25, -0.2) is 4.39 Å². The van der Waals surface area contributed by atoms with Crippen LogP contribution in [0.2, 0.25) is 0 Å². The van der Waals surface area contributed by atoms with Gasteiger partial charge in [-0.1, -0.05) is 6.92 Å². The van der Waals surface area contributed by atoms with E-state index in [1.165, 1.54) is 12.3 Å². The van der Waals surface area contributed by atoms with Gasteiger partial charge in [0.1, 0.15) is 5.82 Å². The molecule has 3 nitrogen and oxygen atoms in total. The van der Waals surface area contributed by atoms with Gasteiger partial charge in [0.05, 0.1) is 11.9 Å². The van der Waals surface area contributed by atoms with Crippen molar-refractivity contribution in [3.05, 3.63) is 29.8 Å². The first-order valence-corrected chi connectivity index (χ1v) is 8.02. The van der Waals surface area contributed by atoms with Crippen LogP contribution in [0.25, 0.3) is 0 Å². The van der Waals surface area contributed by atoms with E-state index in [1.54, 1.807) is 6.07 Å². The zero-order valence-electron chi connectivity index (χ0n) is 13.7. The molecule has 1 aromatic rings. The van der Waals surface area contributed by atoms with Crippen LogP contribution in [0.3, 0.4) is 0 Å². The summed E-state index contributed by atoms with van der Waals surface area (Å²) >= 11 is 0. The van der Waals surface area contributed by atoms with E-state index in [9.17, 15) is 4.39 Å². The monoisotopic (exact) mass is 293 g/mol. The Balaban J connectivity index is 1.90. The molecule has 1 fully saturated rings. The van der Waals surface area contributed by atoms with E-state index >= 15 is 0 Å². The van der Waals surface area contributed by atoms with Crippen molar-refractivity contribution in [3.8, 4) is 0 Å². The van der Waals surface area contributed by atoms with Crippen LogP contribution in [0.15, 0.2) is 18.3 Å². The van der Waals surface area contributed by atoms with E-state index < -0.39 is 0 Å². The minimum atomic E-state index is -0.271. The average molecular weight is 293 g/mol. The number of rotatable bonds is 4. The highest BCUT2D eigenvalue weighted by molar-refractivity contribution is 5.10. The third-order valence-electron chi connectivity index (χ3n) is 4.40. The highest BCUT2D eigenvalue weighted by atomic mass is 19.1. The lowest BCUT2D eigenvalue weighted by molar-refractivity contribution is 0.0934. The maximum atomic E-state index is 13.0. The molecule has 4 heteroatoms. The fourth-order valence-corrected chi connectivity index (χ4v) is 3.01. The number of nitrogens with one attached hydrogen (secondary N) is 1. The molecule has 1 saturated heterocycles. The van der Waals surface area contributed by atoms with Crippen molar-refractivity contribution in [2.24, 2.45) is 0 Å². The lowest BCUT2D eigenvalue weighted by Gasteiger charge is -2.41. The topological polar surface area (TPSA) is 28.2 Å². The standard InChI is InChI=1S/C17H28FN3/c1-5-15(16-7-6-13(18)12-19-16)20-14-8-10-21(11-9-14)17(2,3)4/h6-7,12,14-15,20H,5,8-11H2,1-4H3. The van der Waals surface area contributed by atoms with E-state index in [-0.39, 0.29) is 17.4 Å². The summed E-state index contributed by atoms with van der Waals surface area (Å²) in [4.78, 5) is 6.77. The van der Waals surface area contributed by atoms with Crippen molar-refractivity contribution in [1.82, 2.24) is 15.2 Å². The van der Waals surface area contributed by atoms with Gasteiger partial charge in [0, 0.05) is 30.7 Å². The van der Waals surface area contributed by atoms with Gasteiger partial charge >= 0.3 is 0 Å². The molecule has 0 radical (unpaired) electrons. The van der Waals surface area contributed by atoms with Crippen molar-refractivity contribution >= 4 is 0 Å². The highest BCUT2D eigenvalue weighted by Crippen LogP contribution is 2.23. The highest BCUT2D eigenvalue weighted by Gasteiger charge is 2.28. The SMILES string of the molecule is CCC(NC1CCN(C(C)(C)C)CC1)c1ccc(F)cn1. The summed E-state index contributed by atoms with van der Waals surface area (Å²) < 4.78 is 13.0. The van der Waals surface area contributed by atoms with Crippen LogP contribution >= 0.6 is 0 Å². The van der Waals surface area contributed by atoms with Crippen LogP contribution in [0, 0.1) is 5.82 Å². The predicted octanol–water partition coefficient (Wildman–Crippen LogP) is 3.52. The number of hydrogen-bond donors (Lipinski definition) is 1. The van der Waals surface area contributed by atoms with Gasteiger partial charge in [-0.3, -0.25) is 9.88 Å². The second-order valence-electron chi connectivity index (χ2n) is 6.96. The zero-order chi connectivity index (χ0) is 15.5. The largest absolute Gasteiger partial charge is 0.306 e. The number of pyridine rings is 1. The molecular weight excluding hydrogens is 265 g/mol.